The highest BCUT2D eigenvalue weighted by Crippen LogP contribution is 2.33. The minimum Gasteiger partial charge on any atom is -0.306 e. The second kappa shape index (κ2) is 3.91. The van der Waals surface area contributed by atoms with Crippen LogP contribution in [0.25, 0.3) is 0 Å². The molecule has 1 heterocycles. The first-order valence-electron chi connectivity index (χ1n) is 5.03. The molecule has 1 aromatic heterocycles. The SMILES string of the molecule is Cn1cc(CNC2(CCl)CCC2)cn1. The van der Waals surface area contributed by atoms with Crippen molar-refractivity contribution < 1.29 is 0 Å². The van der Waals surface area contributed by atoms with Crippen LogP contribution in [0.15, 0.2) is 12.4 Å². The van der Waals surface area contributed by atoms with Crippen LogP contribution >= 0.6 is 11.6 Å². The first kappa shape index (κ1) is 9.99. The minimum atomic E-state index is 0.206. The fraction of sp³-hybridized carbons (Fsp3) is 0.700. The monoisotopic (exact) mass is 213 g/mol. The minimum absolute atomic E-state index is 0.206. The summed E-state index contributed by atoms with van der Waals surface area (Å²) in [4.78, 5) is 0. The van der Waals surface area contributed by atoms with E-state index in [-0.39, 0.29) is 5.54 Å². The highest BCUT2D eigenvalue weighted by Gasteiger charge is 2.35. The summed E-state index contributed by atoms with van der Waals surface area (Å²) in [6.45, 7) is 0.876. The molecule has 0 aliphatic heterocycles. The summed E-state index contributed by atoms with van der Waals surface area (Å²) in [5, 5.41) is 7.66. The lowest BCUT2D eigenvalue weighted by Crippen LogP contribution is -2.52. The fourth-order valence-corrected chi connectivity index (χ4v) is 2.18. The van der Waals surface area contributed by atoms with Crippen molar-refractivity contribution in [2.45, 2.75) is 31.3 Å². The molecule has 0 aromatic carbocycles. The zero-order chi connectivity index (χ0) is 10.0. The Kier molecular flexibility index (Phi) is 2.79. The number of halogens is 1. The number of rotatable bonds is 4. The first-order chi connectivity index (χ1) is 6.74. The van der Waals surface area contributed by atoms with Crippen molar-refractivity contribution in [3.05, 3.63) is 18.0 Å². The quantitative estimate of drug-likeness (QED) is 0.772. The van der Waals surface area contributed by atoms with E-state index in [1.807, 2.05) is 24.1 Å². The Morgan fingerprint density at radius 3 is 2.86 bits per heavy atom. The van der Waals surface area contributed by atoms with Gasteiger partial charge in [-0.15, -0.1) is 11.6 Å². The van der Waals surface area contributed by atoms with Gasteiger partial charge >= 0.3 is 0 Å². The lowest BCUT2D eigenvalue weighted by atomic mass is 9.78. The molecule has 0 amide bonds. The van der Waals surface area contributed by atoms with E-state index in [9.17, 15) is 0 Å². The molecule has 0 saturated heterocycles. The zero-order valence-corrected chi connectivity index (χ0v) is 9.22. The van der Waals surface area contributed by atoms with E-state index in [2.05, 4.69) is 10.4 Å². The van der Waals surface area contributed by atoms with Gasteiger partial charge in [0.2, 0.25) is 0 Å². The van der Waals surface area contributed by atoms with Crippen molar-refractivity contribution >= 4 is 11.6 Å². The molecule has 2 rings (SSSR count). The number of alkyl halides is 1. The average molecular weight is 214 g/mol. The maximum atomic E-state index is 5.95. The topological polar surface area (TPSA) is 29.9 Å². The van der Waals surface area contributed by atoms with E-state index in [0.29, 0.717) is 5.88 Å². The number of aryl methyl sites for hydroxylation is 1. The molecule has 78 valence electrons. The normalized spacial score (nSPS) is 19.3. The molecule has 0 spiro atoms. The van der Waals surface area contributed by atoms with Gasteiger partial charge in [-0.3, -0.25) is 4.68 Å². The van der Waals surface area contributed by atoms with Crippen molar-refractivity contribution in [1.29, 1.82) is 0 Å². The number of aromatic nitrogens is 2. The van der Waals surface area contributed by atoms with Crippen LogP contribution in [0.1, 0.15) is 24.8 Å². The maximum Gasteiger partial charge on any atom is 0.0534 e. The number of nitrogens with one attached hydrogen (secondary N) is 1. The highest BCUT2D eigenvalue weighted by molar-refractivity contribution is 6.18. The molecule has 1 N–H and O–H groups in total. The second-order valence-corrected chi connectivity index (χ2v) is 4.41. The molecule has 1 saturated carbocycles. The lowest BCUT2D eigenvalue weighted by Gasteiger charge is -2.41. The highest BCUT2D eigenvalue weighted by atomic mass is 35.5. The van der Waals surface area contributed by atoms with Crippen LogP contribution in [0, 0.1) is 0 Å². The van der Waals surface area contributed by atoms with Gasteiger partial charge in [0.05, 0.1) is 6.20 Å². The third-order valence-electron chi connectivity index (χ3n) is 2.99. The maximum absolute atomic E-state index is 5.95. The van der Waals surface area contributed by atoms with E-state index in [4.69, 9.17) is 11.6 Å². The Morgan fingerprint density at radius 1 is 1.64 bits per heavy atom. The average Bonchev–Trinajstić information content (AvgIpc) is 2.50. The summed E-state index contributed by atoms with van der Waals surface area (Å²) in [5.41, 5.74) is 1.43. The molecule has 0 bridgehead atoms. The molecule has 1 fully saturated rings. The summed E-state index contributed by atoms with van der Waals surface area (Å²) < 4.78 is 1.82. The van der Waals surface area contributed by atoms with Crippen LogP contribution in [-0.2, 0) is 13.6 Å². The van der Waals surface area contributed by atoms with Crippen molar-refractivity contribution in [3.63, 3.8) is 0 Å². The van der Waals surface area contributed by atoms with Crippen LogP contribution in [0.2, 0.25) is 0 Å². The molecule has 1 aromatic rings. The fourth-order valence-electron chi connectivity index (χ4n) is 1.81. The Balaban J connectivity index is 1.87. The molecule has 4 heteroatoms. The van der Waals surface area contributed by atoms with Gasteiger partial charge in [0.25, 0.3) is 0 Å². The van der Waals surface area contributed by atoms with Crippen molar-refractivity contribution in [3.8, 4) is 0 Å². The largest absolute Gasteiger partial charge is 0.306 e. The Morgan fingerprint density at radius 2 is 2.43 bits per heavy atom. The number of hydrogen-bond acceptors (Lipinski definition) is 2. The zero-order valence-electron chi connectivity index (χ0n) is 8.46. The van der Waals surface area contributed by atoms with Crippen molar-refractivity contribution in [2.75, 3.05) is 5.88 Å². The smallest absolute Gasteiger partial charge is 0.0534 e. The summed E-state index contributed by atoms with van der Waals surface area (Å²) in [5.74, 6) is 0.716. The van der Waals surface area contributed by atoms with Crippen LogP contribution in [0.4, 0.5) is 0 Å². The molecular weight excluding hydrogens is 198 g/mol. The summed E-state index contributed by atoms with van der Waals surface area (Å²) in [6, 6.07) is 0. The van der Waals surface area contributed by atoms with Gasteiger partial charge in [0, 0.05) is 36.8 Å². The van der Waals surface area contributed by atoms with E-state index < -0.39 is 0 Å². The standard InChI is InChI=1S/C10H16ClN3/c1-14-7-9(6-13-14)5-12-10(8-11)3-2-4-10/h6-7,12H,2-5,8H2,1H3. The molecule has 1 aliphatic rings. The molecule has 0 unspecified atom stereocenters. The molecule has 0 radical (unpaired) electrons. The lowest BCUT2D eigenvalue weighted by molar-refractivity contribution is 0.211. The van der Waals surface area contributed by atoms with Gasteiger partial charge in [-0.1, -0.05) is 0 Å². The molecular formula is C10H16ClN3. The predicted octanol–water partition coefficient (Wildman–Crippen LogP) is 1.67. The summed E-state index contributed by atoms with van der Waals surface area (Å²) in [6.07, 6.45) is 7.64. The summed E-state index contributed by atoms with van der Waals surface area (Å²) in [7, 11) is 1.93. The van der Waals surface area contributed by atoms with Gasteiger partial charge in [-0.25, -0.2) is 0 Å². The third-order valence-corrected chi connectivity index (χ3v) is 3.50. The van der Waals surface area contributed by atoms with Crippen LogP contribution < -0.4 is 5.32 Å². The Labute approximate surface area is 89.4 Å². The Bertz CT molecular complexity index is 299. The first-order valence-corrected chi connectivity index (χ1v) is 5.56. The van der Waals surface area contributed by atoms with E-state index in [1.54, 1.807) is 0 Å². The van der Waals surface area contributed by atoms with Gasteiger partial charge in [-0.2, -0.15) is 5.10 Å². The van der Waals surface area contributed by atoms with E-state index >= 15 is 0 Å². The Hall–Kier alpha value is -0.540. The predicted molar refractivity (Wildman–Crippen MR) is 57.3 cm³/mol. The van der Waals surface area contributed by atoms with Crippen molar-refractivity contribution in [1.82, 2.24) is 15.1 Å². The van der Waals surface area contributed by atoms with Gasteiger partial charge in [-0.05, 0) is 19.3 Å². The van der Waals surface area contributed by atoms with Crippen LogP contribution in [0.5, 0.6) is 0 Å². The van der Waals surface area contributed by atoms with Crippen molar-refractivity contribution in [2.24, 2.45) is 7.05 Å². The van der Waals surface area contributed by atoms with E-state index in [1.165, 1.54) is 24.8 Å². The van der Waals surface area contributed by atoms with Gasteiger partial charge in [0.1, 0.15) is 0 Å². The number of hydrogen-bond donors (Lipinski definition) is 1. The molecule has 3 nitrogen and oxygen atoms in total. The summed E-state index contributed by atoms with van der Waals surface area (Å²) >= 11 is 5.95. The second-order valence-electron chi connectivity index (χ2n) is 4.14. The molecule has 0 atom stereocenters. The third kappa shape index (κ3) is 1.93. The van der Waals surface area contributed by atoms with Crippen LogP contribution in [-0.4, -0.2) is 21.2 Å². The molecule has 1 aliphatic carbocycles. The molecule has 14 heavy (non-hydrogen) atoms. The van der Waals surface area contributed by atoms with Crippen LogP contribution in [0.3, 0.4) is 0 Å². The van der Waals surface area contributed by atoms with Gasteiger partial charge < -0.3 is 5.32 Å². The van der Waals surface area contributed by atoms with E-state index in [0.717, 1.165) is 6.54 Å². The van der Waals surface area contributed by atoms with Gasteiger partial charge in [0.15, 0.2) is 0 Å². The number of nitrogens with zero attached hydrogens (tertiary/aromatic N) is 2.